The van der Waals surface area contributed by atoms with E-state index in [-0.39, 0.29) is 24.0 Å². The van der Waals surface area contributed by atoms with Crippen molar-refractivity contribution in [3.05, 3.63) is 18.5 Å². The number of rotatable bonds is 9. The molecular formula is C19H37IN6. The lowest BCUT2D eigenvalue weighted by Gasteiger charge is -2.30. The second kappa shape index (κ2) is 13.4. The number of halogens is 1. The van der Waals surface area contributed by atoms with Gasteiger partial charge in [-0.2, -0.15) is 5.10 Å². The molecule has 2 N–H and O–H groups in total. The van der Waals surface area contributed by atoms with E-state index in [0.29, 0.717) is 5.92 Å². The molecule has 26 heavy (non-hydrogen) atoms. The SMILES string of the molecule is CCNC(=NCC(C)Cn1cccn1)NCCCN1CCC(C)CC1.I. The summed E-state index contributed by atoms with van der Waals surface area (Å²) in [5, 5.41) is 11.1. The Balaban J connectivity index is 0.00000338. The predicted molar refractivity (Wildman–Crippen MR) is 120 cm³/mol. The largest absolute Gasteiger partial charge is 0.357 e. The summed E-state index contributed by atoms with van der Waals surface area (Å²) in [5.41, 5.74) is 0. The third kappa shape index (κ3) is 9.21. The van der Waals surface area contributed by atoms with E-state index in [1.807, 2.05) is 23.1 Å². The number of nitrogens with zero attached hydrogens (tertiary/aromatic N) is 4. The summed E-state index contributed by atoms with van der Waals surface area (Å²) in [7, 11) is 0. The van der Waals surface area contributed by atoms with Crippen LogP contribution >= 0.6 is 24.0 Å². The number of hydrogen-bond donors (Lipinski definition) is 2. The molecular weight excluding hydrogens is 439 g/mol. The fraction of sp³-hybridized carbons (Fsp3) is 0.789. The van der Waals surface area contributed by atoms with Gasteiger partial charge in [-0.25, -0.2) is 0 Å². The molecule has 1 aliphatic heterocycles. The maximum atomic E-state index is 4.73. The first-order valence-electron chi connectivity index (χ1n) is 9.89. The summed E-state index contributed by atoms with van der Waals surface area (Å²) < 4.78 is 1.97. The van der Waals surface area contributed by atoms with E-state index in [4.69, 9.17) is 4.99 Å². The zero-order chi connectivity index (χ0) is 17.9. The molecule has 1 aromatic heterocycles. The highest BCUT2D eigenvalue weighted by Gasteiger charge is 2.14. The molecule has 0 aromatic carbocycles. The first-order valence-corrected chi connectivity index (χ1v) is 9.89. The van der Waals surface area contributed by atoms with Crippen molar-refractivity contribution >= 4 is 29.9 Å². The van der Waals surface area contributed by atoms with Gasteiger partial charge < -0.3 is 15.5 Å². The van der Waals surface area contributed by atoms with Crippen molar-refractivity contribution in [2.24, 2.45) is 16.8 Å². The minimum Gasteiger partial charge on any atom is -0.357 e. The number of likely N-dealkylation sites (tertiary alicyclic amines) is 1. The molecule has 0 bridgehead atoms. The zero-order valence-corrected chi connectivity index (χ0v) is 19.0. The predicted octanol–water partition coefficient (Wildman–Crippen LogP) is 2.81. The monoisotopic (exact) mass is 476 g/mol. The van der Waals surface area contributed by atoms with Crippen molar-refractivity contribution in [3.8, 4) is 0 Å². The summed E-state index contributed by atoms with van der Waals surface area (Å²) >= 11 is 0. The van der Waals surface area contributed by atoms with Crippen LogP contribution in [0, 0.1) is 11.8 Å². The molecule has 0 radical (unpaired) electrons. The van der Waals surface area contributed by atoms with Crippen molar-refractivity contribution < 1.29 is 0 Å². The van der Waals surface area contributed by atoms with E-state index >= 15 is 0 Å². The summed E-state index contributed by atoms with van der Waals surface area (Å²) in [5.74, 6) is 2.30. The Bertz CT molecular complexity index is 482. The highest BCUT2D eigenvalue weighted by Crippen LogP contribution is 2.15. The van der Waals surface area contributed by atoms with Gasteiger partial charge in [0.2, 0.25) is 0 Å². The van der Waals surface area contributed by atoms with E-state index in [2.05, 4.69) is 41.4 Å². The van der Waals surface area contributed by atoms with Gasteiger partial charge in [-0.1, -0.05) is 13.8 Å². The molecule has 2 rings (SSSR count). The Morgan fingerprint density at radius 1 is 1.31 bits per heavy atom. The van der Waals surface area contributed by atoms with Gasteiger partial charge in [-0.05, 0) is 63.7 Å². The van der Waals surface area contributed by atoms with Crippen LogP contribution in [0.25, 0.3) is 0 Å². The molecule has 150 valence electrons. The number of aliphatic imine (C=N–C) groups is 1. The van der Waals surface area contributed by atoms with Gasteiger partial charge in [0, 0.05) is 38.6 Å². The van der Waals surface area contributed by atoms with Crippen LogP contribution in [-0.4, -0.2) is 59.9 Å². The van der Waals surface area contributed by atoms with Crippen molar-refractivity contribution in [1.29, 1.82) is 0 Å². The Labute approximate surface area is 176 Å². The lowest BCUT2D eigenvalue weighted by molar-refractivity contribution is 0.191. The number of aromatic nitrogens is 2. The molecule has 1 aromatic rings. The van der Waals surface area contributed by atoms with E-state index in [1.165, 1.54) is 38.9 Å². The van der Waals surface area contributed by atoms with Crippen LogP contribution in [0.3, 0.4) is 0 Å². The molecule has 1 unspecified atom stereocenters. The molecule has 7 heteroatoms. The van der Waals surface area contributed by atoms with Gasteiger partial charge in [-0.3, -0.25) is 9.67 Å². The van der Waals surface area contributed by atoms with Crippen LogP contribution in [0.2, 0.25) is 0 Å². The van der Waals surface area contributed by atoms with Crippen molar-refractivity contribution in [2.45, 2.75) is 46.6 Å². The third-order valence-electron chi connectivity index (χ3n) is 4.78. The second-order valence-corrected chi connectivity index (χ2v) is 7.36. The molecule has 0 saturated carbocycles. The molecule has 1 fully saturated rings. The first-order chi connectivity index (χ1) is 12.2. The molecule has 0 spiro atoms. The molecule has 6 nitrogen and oxygen atoms in total. The maximum absolute atomic E-state index is 4.73. The fourth-order valence-electron chi connectivity index (χ4n) is 3.17. The van der Waals surface area contributed by atoms with Gasteiger partial charge in [-0.15, -0.1) is 24.0 Å². The maximum Gasteiger partial charge on any atom is 0.191 e. The van der Waals surface area contributed by atoms with Gasteiger partial charge in [0.15, 0.2) is 5.96 Å². The first kappa shape index (κ1) is 23.2. The Morgan fingerprint density at radius 2 is 2.08 bits per heavy atom. The van der Waals surface area contributed by atoms with Crippen LogP contribution in [0.1, 0.15) is 40.0 Å². The number of nitrogens with one attached hydrogen (secondary N) is 2. The van der Waals surface area contributed by atoms with Crippen molar-refractivity contribution in [1.82, 2.24) is 25.3 Å². The summed E-state index contributed by atoms with van der Waals surface area (Å²) in [6.07, 6.45) is 7.70. The number of hydrogen-bond acceptors (Lipinski definition) is 3. The van der Waals surface area contributed by atoms with Crippen molar-refractivity contribution in [3.63, 3.8) is 0 Å². The third-order valence-corrected chi connectivity index (χ3v) is 4.78. The standard InChI is InChI=1S/C19H36N6.HI/c1-4-20-19(22-15-18(3)16-25-12-6-10-23-25)21-9-5-11-24-13-7-17(2)8-14-24;/h6,10,12,17-18H,4-5,7-9,11,13-16H2,1-3H3,(H2,20,21,22);1H. The van der Waals surface area contributed by atoms with Gasteiger partial charge in [0.05, 0.1) is 0 Å². The highest BCUT2D eigenvalue weighted by atomic mass is 127. The average molecular weight is 476 g/mol. The van der Waals surface area contributed by atoms with E-state index in [0.717, 1.165) is 38.1 Å². The second-order valence-electron chi connectivity index (χ2n) is 7.36. The zero-order valence-electron chi connectivity index (χ0n) is 16.7. The van der Waals surface area contributed by atoms with E-state index in [1.54, 1.807) is 0 Å². The van der Waals surface area contributed by atoms with E-state index < -0.39 is 0 Å². The lowest BCUT2D eigenvalue weighted by Crippen LogP contribution is -2.40. The fourth-order valence-corrected chi connectivity index (χ4v) is 3.17. The molecule has 1 saturated heterocycles. The Hall–Kier alpha value is -0.830. The highest BCUT2D eigenvalue weighted by molar-refractivity contribution is 14.0. The molecule has 0 aliphatic carbocycles. The smallest absolute Gasteiger partial charge is 0.191 e. The van der Waals surface area contributed by atoms with Gasteiger partial charge in [0.1, 0.15) is 0 Å². The van der Waals surface area contributed by atoms with Crippen LogP contribution < -0.4 is 10.6 Å². The molecule has 1 atom stereocenters. The lowest BCUT2D eigenvalue weighted by atomic mass is 9.99. The van der Waals surface area contributed by atoms with Crippen LogP contribution in [0.5, 0.6) is 0 Å². The normalized spacial score (nSPS) is 17.6. The van der Waals surface area contributed by atoms with Crippen LogP contribution in [0.15, 0.2) is 23.5 Å². The number of piperidine rings is 1. The van der Waals surface area contributed by atoms with Gasteiger partial charge >= 0.3 is 0 Å². The Kier molecular flexibility index (Phi) is 11.9. The topological polar surface area (TPSA) is 57.5 Å². The molecule has 0 amide bonds. The summed E-state index contributed by atoms with van der Waals surface area (Å²) in [6, 6.07) is 1.96. The average Bonchev–Trinajstić information content (AvgIpc) is 3.11. The van der Waals surface area contributed by atoms with Crippen molar-refractivity contribution in [2.75, 3.05) is 39.3 Å². The van der Waals surface area contributed by atoms with Gasteiger partial charge in [0.25, 0.3) is 0 Å². The van der Waals surface area contributed by atoms with Crippen LogP contribution in [0.4, 0.5) is 0 Å². The minimum absolute atomic E-state index is 0. The van der Waals surface area contributed by atoms with Crippen LogP contribution in [-0.2, 0) is 6.54 Å². The number of guanidine groups is 1. The van der Waals surface area contributed by atoms with E-state index in [9.17, 15) is 0 Å². The minimum atomic E-state index is 0. The molecule has 2 heterocycles. The summed E-state index contributed by atoms with van der Waals surface area (Å²) in [6.45, 7) is 14.0. The molecule has 1 aliphatic rings. The summed E-state index contributed by atoms with van der Waals surface area (Å²) in [4.78, 5) is 7.32. The quantitative estimate of drug-likeness (QED) is 0.249. The Morgan fingerprint density at radius 3 is 2.73 bits per heavy atom.